The Labute approximate surface area is 343 Å². The number of benzene rings is 7. The summed E-state index contributed by atoms with van der Waals surface area (Å²) < 4.78 is 0. The van der Waals surface area contributed by atoms with Gasteiger partial charge in [-0.25, -0.2) is 15.0 Å². The fourth-order valence-corrected chi connectivity index (χ4v) is 8.66. The molecule has 5 heterocycles. The third-order valence-electron chi connectivity index (χ3n) is 11.4. The predicted octanol–water partition coefficient (Wildman–Crippen LogP) is 12.7. The van der Waals surface area contributed by atoms with E-state index in [4.69, 9.17) is 24.9 Å². The van der Waals surface area contributed by atoms with Gasteiger partial charge in [0.2, 0.25) is 0 Å². The normalized spacial score (nSPS) is 11.7. The molecular formula is C53H31N7. The fraction of sp³-hybridized carbons (Fsp3) is 0. The average molecular weight is 766 g/mol. The Kier molecular flexibility index (Phi) is 7.71. The van der Waals surface area contributed by atoms with Crippen LogP contribution in [0.4, 0.5) is 0 Å². The molecule has 0 saturated carbocycles. The second-order valence-electron chi connectivity index (χ2n) is 15.0. The zero-order valence-corrected chi connectivity index (χ0v) is 32.0. The van der Waals surface area contributed by atoms with Gasteiger partial charge in [-0.2, -0.15) is 0 Å². The first-order chi connectivity index (χ1) is 29.7. The van der Waals surface area contributed by atoms with Crippen LogP contribution in [0.5, 0.6) is 0 Å². The van der Waals surface area contributed by atoms with E-state index in [1.165, 1.54) is 0 Å². The van der Waals surface area contributed by atoms with Crippen molar-refractivity contribution in [1.29, 1.82) is 0 Å². The van der Waals surface area contributed by atoms with Crippen molar-refractivity contribution in [3.8, 4) is 56.4 Å². The summed E-state index contributed by atoms with van der Waals surface area (Å²) in [5.74, 6) is 1.83. The first-order valence-electron chi connectivity index (χ1n) is 19.9. The lowest BCUT2D eigenvalue weighted by Crippen LogP contribution is -2.00. The Balaban J connectivity index is 0.996. The highest BCUT2D eigenvalue weighted by atomic mass is 15.0. The molecule has 0 saturated heterocycles. The Morgan fingerprint density at radius 2 is 0.683 bits per heavy atom. The SMILES string of the molecule is c1ccc(-c2nc(-c3ccc4c(-c5cc6cccnc6c6ncccc56)cccc4c3)nc(-c3ccc4c(-c5cc6cccnc6c6ncccc56)cccc4c3)n2)cc1. The Hall–Kier alpha value is -8.29. The van der Waals surface area contributed by atoms with E-state index in [0.29, 0.717) is 17.5 Å². The van der Waals surface area contributed by atoms with Crippen molar-refractivity contribution in [2.24, 2.45) is 0 Å². The van der Waals surface area contributed by atoms with E-state index in [1.807, 2.05) is 79.4 Å². The van der Waals surface area contributed by atoms with Crippen LogP contribution in [-0.4, -0.2) is 34.9 Å². The van der Waals surface area contributed by atoms with Gasteiger partial charge in [-0.1, -0.05) is 115 Å². The summed E-state index contributed by atoms with van der Waals surface area (Å²) >= 11 is 0. The maximum atomic E-state index is 5.17. The van der Waals surface area contributed by atoms with Crippen LogP contribution < -0.4 is 0 Å². The molecular weight excluding hydrogens is 735 g/mol. The molecule has 5 aromatic heterocycles. The molecule has 7 nitrogen and oxygen atoms in total. The third kappa shape index (κ3) is 5.56. The summed E-state index contributed by atoms with van der Waals surface area (Å²) in [7, 11) is 0. The first kappa shape index (κ1) is 33.8. The number of nitrogens with zero attached hydrogens (tertiary/aromatic N) is 7. The minimum Gasteiger partial charge on any atom is -0.254 e. The van der Waals surface area contributed by atoms with Crippen LogP contribution in [0, 0.1) is 0 Å². The average Bonchev–Trinajstić information content (AvgIpc) is 3.33. The molecule has 0 aliphatic carbocycles. The minimum absolute atomic E-state index is 0.607. The van der Waals surface area contributed by atoms with Crippen LogP contribution in [0.15, 0.2) is 189 Å². The van der Waals surface area contributed by atoms with Gasteiger partial charge < -0.3 is 0 Å². The molecule has 12 aromatic rings. The van der Waals surface area contributed by atoms with Gasteiger partial charge in [0, 0.05) is 63.0 Å². The van der Waals surface area contributed by atoms with Gasteiger partial charge in [-0.05, 0) is 92.3 Å². The molecule has 0 bridgehead atoms. The number of pyridine rings is 4. The van der Waals surface area contributed by atoms with Crippen LogP contribution in [-0.2, 0) is 0 Å². The zero-order chi connectivity index (χ0) is 39.6. The van der Waals surface area contributed by atoms with Gasteiger partial charge in [0.15, 0.2) is 17.5 Å². The van der Waals surface area contributed by atoms with Crippen LogP contribution in [0.25, 0.3) is 122 Å². The molecule has 60 heavy (non-hydrogen) atoms. The van der Waals surface area contributed by atoms with Crippen LogP contribution >= 0.6 is 0 Å². The molecule has 0 radical (unpaired) electrons. The quantitative estimate of drug-likeness (QED) is 0.161. The molecule has 0 fully saturated rings. The highest BCUT2D eigenvalue weighted by molar-refractivity contribution is 6.15. The van der Waals surface area contributed by atoms with Crippen LogP contribution in [0.2, 0.25) is 0 Å². The Bertz CT molecular complexity index is 3460. The standard InChI is InChI=1S/C53H31N7/c1-2-10-32(11-3-1)51-58-52(37-20-22-39-33(28-37)12-4-16-41(39)45-30-35-14-6-24-54-47(35)49-43(45)18-8-26-56-49)60-53(59-51)38-21-23-40-34(29-38)13-5-17-42(40)46-31-36-15-7-25-55-48(36)50-44(46)19-9-27-57-50/h1-31H. The van der Waals surface area contributed by atoms with Gasteiger partial charge in [0.25, 0.3) is 0 Å². The molecule has 0 unspecified atom stereocenters. The second-order valence-corrected chi connectivity index (χ2v) is 15.0. The van der Waals surface area contributed by atoms with E-state index in [-0.39, 0.29) is 0 Å². The molecule has 12 rings (SSSR count). The van der Waals surface area contributed by atoms with E-state index >= 15 is 0 Å². The second kappa shape index (κ2) is 13.7. The summed E-state index contributed by atoms with van der Waals surface area (Å²) in [4.78, 5) is 34.2. The van der Waals surface area contributed by atoms with Gasteiger partial charge in [-0.15, -0.1) is 0 Å². The van der Waals surface area contributed by atoms with Crippen LogP contribution in [0.3, 0.4) is 0 Å². The summed E-state index contributed by atoms with van der Waals surface area (Å²) in [6.45, 7) is 0. The lowest BCUT2D eigenvalue weighted by atomic mass is 9.93. The molecule has 0 atom stereocenters. The maximum absolute atomic E-state index is 5.17. The smallest absolute Gasteiger partial charge is 0.164 e. The number of hydrogen-bond acceptors (Lipinski definition) is 7. The summed E-state index contributed by atoms with van der Waals surface area (Å²) in [5.41, 5.74) is 10.8. The highest BCUT2D eigenvalue weighted by Gasteiger charge is 2.18. The molecule has 0 aliphatic rings. The van der Waals surface area contributed by atoms with Crippen molar-refractivity contribution >= 4 is 65.2 Å². The Morgan fingerprint density at radius 1 is 0.250 bits per heavy atom. The maximum Gasteiger partial charge on any atom is 0.164 e. The van der Waals surface area contributed by atoms with Crippen molar-refractivity contribution in [2.45, 2.75) is 0 Å². The van der Waals surface area contributed by atoms with E-state index in [9.17, 15) is 0 Å². The third-order valence-corrected chi connectivity index (χ3v) is 11.4. The van der Waals surface area contributed by atoms with Crippen molar-refractivity contribution in [3.05, 3.63) is 189 Å². The fourth-order valence-electron chi connectivity index (χ4n) is 8.66. The van der Waals surface area contributed by atoms with Gasteiger partial charge in [-0.3, -0.25) is 19.9 Å². The molecule has 0 amide bonds. The van der Waals surface area contributed by atoms with Gasteiger partial charge >= 0.3 is 0 Å². The zero-order valence-electron chi connectivity index (χ0n) is 32.0. The van der Waals surface area contributed by atoms with Gasteiger partial charge in [0.05, 0.1) is 22.1 Å². The van der Waals surface area contributed by atoms with E-state index in [2.05, 4.69) is 119 Å². The molecule has 278 valence electrons. The summed E-state index contributed by atoms with van der Waals surface area (Å²) in [6.07, 6.45) is 7.32. The molecule has 0 spiro atoms. The summed E-state index contributed by atoms with van der Waals surface area (Å²) in [5, 5.41) is 8.67. The van der Waals surface area contributed by atoms with E-state index in [1.54, 1.807) is 0 Å². The molecule has 0 aliphatic heterocycles. The molecule has 7 aromatic carbocycles. The van der Waals surface area contributed by atoms with E-state index in [0.717, 1.165) is 104 Å². The predicted molar refractivity (Wildman–Crippen MR) is 243 cm³/mol. The molecule has 7 heteroatoms. The first-order valence-corrected chi connectivity index (χ1v) is 19.9. The highest BCUT2D eigenvalue weighted by Crippen LogP contribution is 2.40. The number of fused-ring (bicyclic) bond motifs is 8. The molecule has 0 N–H and O–H groups in total. The van der Waals surface area contributed by atoms with Crippen molar-refractivity contribution in [3.63, 3.8) is 0 Å². The van der Waals surface area contributed by atoms with Gasteiger partial charge in [0.1, 0.15) is 0 Å². The number of hydrogen-bond donors (Lipinski definition) is 0. The van der Waals surface area contributed by atoms with E-state index < -0.39 is 0 Å². The van der Waals surface area contributed by atoms with Crippen molar-refractivity contribution < 1.29 is 0 Å². The topological polar surface area (TPSA) is 90.2 Å². The van der Waals surface area contributed by atoms with Crippen molar-refractivity contribution in [1.82, 2.24) is 34.9 Å². The van der Waals surface area contributed by atoms with Crippen LogP contribution in [0.1, 0.15) is 0 Å². The number of aromatic nitrogens is 7. The largest absolute Gasteiger partial charge is 0.254 e. The Morgan fingerprint density at radius 3 is 1.18 bits per heavy atom. The lowest BCUT2D eigenvalue weighted by Gasteiger charge is -2.14. The van der Waals surface area contributed by atoms with Crippen molar-refractivity contribution in [2.75, 3.05) is 0 Å². The lowest BCUT2D eigenvalue weighted by molar-refractivity contribution is 1.08. The summed E-state index contributed by atoms with van der Waals surface area (Å²) in [6, 6.07) is 56.8. The monoisotopic (exact) mass is 765 g/mol. The minimum atomic E-state index is 0.607. The number of rotatable bonds is 5.